The molecule has 0 radical (unpaired) electrons. The first kappa shape index (κ1) is 13.1. The molecule has 94 valence electrons. The molecule has 2 aromatic carbocycles. The Hall–Kier alpha value is -1.34. The van der Waals surface area contributed by atoms with E-state index in [1.54, 1.807) is 0 Å². The Kier molecular flexibility index (Phi) is 4.37. The van der Waals surface area contributed by atoms with Crippen molar-refractivity contribution in [2.45, 2.75) is 32.5 Å². The summed E-state index contributed by atoms with van der Waals surface area (Å²) in [5.41, 5.74) is 5.72. The van der Waals surface area contributed by atoms with Gasteiger partial charge >= 0.3 is 0 Å². The highest BCUT2D eigenvalue weighted by molar-refractivity contribution is 6.56. The van der Waals surface area contributed by atoms with E-state index >= 15 is 0 Å². The second kappa shape index (κ2) is 6.01. The third kappa shape index (κ3) is 3.85. The molecule has 0 bridgehead atoms. The van der Waals surface area contributed by atoms with Gasteiger partial charge in [-0.05, 0) is 25.9 Å². The quantitative estimate of drug-likeness (QED) is 0.723. The molecule has 0 aliphatic rings. The average Bonchev–Trinajstić information content (AvgIpc) is 2.35. The van der Waals surface area contributed by atoms with Crippen molar-refractivity contribution < 1.29 is 0 Å². The molecular weight excluding hydrogens is 232 g/mol. The van der Waals surface area contributed by atoms with Crippen LogP contribution in [-0.2, 0) is 12.1 Å². The van der Waals surface area contributed by atoms with Gasteiger partial charge in [0.15, 0.2) is 0 Å². The molecule has 0 spiro atoms. The molecule has 0 saturated heterocycles. The molecule has 0 unspecified atom stereocenters. The maximum atomic E-state index is 2.47. The van der Waals surface area contributed by atoms with Gasteiger partial charge < -0.3 is 0 Å². The Labute approximate surface area is 112 Å². The SMILES string of the molecule is Cc1ccc(C[SiH](C)Cc2ccc(C)cc2)cc1. The van der Waals surface area contributed by atoms with Crippen molar-refractivity contribution in [1.29, 1.82) is 0 Å². The summed E-state index contributed by atoms with van der Waals surface area (Å²) in [7, 11) is -0.687. The van der Waals surface area contributed by atoms with E-state index < -0.39 is 8.80 Å². The minimum atomic E-state index is -0.687. The van der Waals surface area contributed by atoms with E-state index in [-0.39, 0.29) is 0 Å². The molecule has 0 aliphatic carbocycles. The van der Waals surface area contributed by atoms with Gasteiger partial charge in [0, 0.05) is 8.80 Å². The molecule has 0 saturated carbocycles. The molecule has 0 nitrogen and oxygen atoms in total. The number of hydrogen-bond acceptors (Lipinski definition) is 0. The van der Waals surface area contributed by atoms with E-state index in [1.807, 2.05) is 0 Å². The largest absolute Gasteiger partial charge is 0.0715 e. The second-order valence-corrected chi connectivity index (χ2v) is 8.51. The molecule has 0 aromatic heterocycles. The fourth-order valence-electron chi connectivity index (χ4n) is 2.33. The fourth-order valence-corrected chi connectivity index (χ4v) is 4.62. The maximum Gasteiger partial charge on any atom is 0.0428 e. The molecule has 0 atom stereocenters. The molecule has 0 aliphatic heterocycles. The maximum absolute atomic E-state index is 2.47. The number of benzene rings is 2. The van der Waals surface area contributed by atoms with Crippen LogP contribution in [-0.4, -0.2) is 8.80 Å². The van der Waals surface area contributed by atoms with Crippen LogP contribution in [0.15, 0.2) is 48.5 Å². The standard InChI is InChI=1S/C17H22Si/c1-14-4-8-16(9-5-14)12-18(3)13-17-10-6-15(2)7-11-17/h4-11,18H,12-13H2,1-3H3. The van der Waals surface area contributed by atoms with Gasteiger partial charge in [0.1, 0.15) is 0 Å². The zero-order valence-corrected chi connectivity index (χ0v) is 12.8. The van der Waals surface area contributed by atoms with E-state index in [0.29, 0.717) is 0 Å². The predicted octanol–water partition coefficient (Wildman–Crippen LogP) is 4.02. The normalized spacial score (nSPS) is 10.9. The van der Waals surface area contributed by atoms with Crippen molar-refractivity contribution in [2.24, 2.45) is 0 Å². The smallest absolute Gasteiger partial charge is 0.0428 e. The first-order chi connectivity index (χ1) is 8.63. The summed E-state index contributed by atoms with van der Waals surface area (Å²) in [5, 5.41) is 0. The zero-order valence-electron chi connectivity index (χ0n) is 11.6. The number of rotatable bonds is 4. The number of aryl methyl sites for hydroxylation is 2. The lowest BCUT2D eigenvalue weighted by molar-refractivity contribution is 1.25. The third-order valence-corrected chi connectivity index (χ3v) is 5.75. The molecule has 1 heteroatoms. The van der Waals surface area contributed by atoms with Gasteiger partial charge in [-0.25, -0.2) is 0 Å². The highest BCUT2D eigenvalue weighted by Gasteiger charge is 2.06. The first-order valence-corrected chi connectivity index (χ1v) is 9.53. The molecule has 18 heavy (non-hydrogen) atoms. The van der Waals surface area contributed by atoms with Crippen LogP contribution >= 0.6 is 0 Å². The van der Waals surface area contributed by atoms with E-state index in [1.165, 1.54) is 34.3 Å². The van der Waals surface area contributed by atoms with Crippen LogP contribution in [0, 0.1) is 13.8 Å². The van der Waals surface area contributed by atoms with Gasteiger partial charge in [-0.1, -0.05) is 77.3 Å². The minimum absolute atomic E-state index is 0.687. The van der Waals surface area contributed by atoms with Gasteiger partial charge in [-0.3, -0.25) is 0 Å². The summed E-state index contributed by atoms with van der Waals surface area (Å²) in [6.07, 6.45) is 0. The highest BCUT2D eigenvalue weighted by atomic mass is 28.3. The van der Waals surface area contributed by atoms with Crippen molar-refractivity contribution >= 4 is 8.80 Å². The zero-order chi connectivity index (χ0) is 13.0. The van der Waals surface area contributed by atoms with E-state index in [2.05, 4.69) is 68.9 Å². The Balaban J connectivity index is 1.94. The molecule has 0 N–H and O–H groups in total. The minimum Gasteiger partial charge on any atom is -0.0715 e. The topological polar surface area (TPSA) is 0 Å². The van der Waals surface area contributed by atoms with Crippen LogP contribution in [0.1, 0.15) is 22.3 Å². The van der Waals surface area contributed by atoms with Crippen LogP contribution in [0.4, 0.5) is 0 Å². The molecule has 0 amide bonds. The third-order valence-electron chi connectivity index (χ3n) is 3.41. The van der Waals surface area contributed by atoms with Gasteiger partial charge in [-0.15, -0.1) is 0 Å². The summed E-state index contributed by atoms with van der Waals surface area (Å²) in [6, 6.07) is 20.6. The van der Waals surface area contributed by atoms with Crippen molar-refractivity contribution in [3.05, 3.63) is 70.8 Å². The Bertz CT molecular complexity index is 435. The lowest BCUT2D eigenvalue weighted by atomic mass is 10.2. The Morgan fingerprint density at radius 2 is 1.00 bits per heavy atom. The summed E-state index contributed by atoms with van der Waals surface area (Å²) in [5.74, 6) is 0. The van der Waals surface area contributed by atoms with Crippen molar-refractivity contribution in [1.82, 2.24) is 0 Å². The monoisotopic (exact) mass is 254 g/mol. The van der Waals surface area contributed by atoms with Crippen LogP contribution in [0.5, 0.6) is 0 Å². The van der Waals surface area contributed by atoms with Crippen molar-refractivity contribution in [3.63, 3.8) is 0 Å². The van der Waals surface area contributed by atoms with Gasteiger partial charge in [-0.2, -0.15) is 0 Å². The Morgan fingerprint density at radius 1 is 0.667 bits per heavy atom. The lowest BCUT2D eigenvalue weighted by Crippen LogP contribution is -2.16. The highest BCUT2D eigenvalue weighted by Crippen LogP contribution is 2.10. The van der Waals surface area contributed by atoms with Gasteiger partial charge in [0.05, 0.1) is 0 Å². The fraction of sp³-hybridized carbons (Fsp3) is 0.294. The lowest BCUT2D eigenvalue weighted by Gasteiger charge is -2.10. The van der Waals surface area contributed by atoms with Crippen LogP contribution < -0.4 is 0 Å². The number of hydrogen-bond donors (Lipinski definition) is 0. The van der Waals surface area contributed by atoms with Crippen molar-refractivity contribution in [3.8, 4) is 0 Å². The summed E-state index contributed by atoms with van der Waals surface area (Å²) >= 11 is 0. The summed E-state index contributed by atoms with van der Waals surface area (Å²) in [4.78, 5) is 0. The second-order valence-electron chi connectivity index (χ2n) is 5.48. The Morgan fingerprint density at radius 3 is 1.33 bits per heavy atom. The van der Waals surface area contributed by atoms with E-state index in [0.717, 1.165) is 0 Å². The summed E-state index contributed by atoms with van der Waals surface area (Å²) in [6.45, 7) is 6.77. The van der Waals surface area contributed by atoms with Crippen LogP contribution in [0.3, 0.4) is 0 Å². The summed E-state index contributed by atoms with van der Waals surface area (Å²) < 4.78 is 0. The predicted molar refractivity (Wildman–Crippen MR) is 82.8 cm³/mol. The van der Waals surface area contributed by atoms with Gasteiger partial charge in [0.25, 0.3) is 0 Å². The average molecular weight is 254 g/mol. The van der Waals surface area contributed by atoms with Gasteiger partial charge in [0.2, 0.25) is 0 Å². The first-order valence-electron chi connectivity index (χ1n) is 6.74. The van der Waals surface area contributed by atoms with Crippen LogP contribution in [0.2, 0.25) is 6.55 Å². The van der Waals surface area contributed by atoms with E-state index in [9.17, 15) is 0 Å². The molecule has 2 rings (SSSR count). The van der Waals surface area contributed by atoms with Crippen molar-refractivity contribution in [2.75, 3.05) is 0 Å². The molecular formula is C17H22Si. The molecule has 2 aromatic rings. The van der Waals surface area contributed by atoms with E-state index in [4.69, 9.17) is 0 Å². The molecule has 0 fully saturated rings. The van der Waals surface area contributed by atoms with Crippen LogP contribution in [0.25, 0.3) is 0 Å². The molecule has 0 heterocycles.